The lowest BCUT2D eigenvalue weighted by atomic mass is 10.4. The minimum absolute atomic E-state index is 0.285. The van der Waals surface area contributed by atoms with E-state index in [2.05, 4.69) is 19.9 Å². The van der Waals surface area contributed by atoms with Crippen molar-refractivity contribution in [2.75, 3.05) is 5.32 Å². The van der Waals surface area contributed by atoms with Crippen molar-refractivity contribution in [3.8, 4) is 0 Å². The van der Waals surface area contributed by atoms with Crippen LogP contribution in [0.3, 0.4) is 0 Å². The number of pyridine rings is 1. The number of hydrogen-bond donors (Lipinski definition) is 1. The van der Waals surface area contributed by atoms with Gasteiger partial charge in [0.05, 0.1) is 0 Å². The Morgan fingerprint density at radius 3 is 3.07 bits per heavy atom. The Bertz CT molecular complexity index is 473. The first-order valence-electron chi connectivity index (χ1n) is 3.95. The maximum absolute atomic E-state index is 11.5. The molecule has 0 fully saturated rings. The summed E-state index contributed by atoms with van der Waals surface area (Å²) in [7, 11) is 0. The number of nitrogens with one attached hydrogen (secondary N) is 1. The van der Waals surface area contributed by atoms with Gasteiger partial charge in [-0.15, -0.1) is 5.10 Å². The molecule has 0 aliphatic heterocycles. The standard InChI is InChI=1S/C8H5ClN4OS/c9-7-3-5(1-2-10-7)11-8(14)6-4-15-13-12-6/h1-4H,(H,10,11,14). The Hall–Kier alpha value is -1.53. The van der Waals surface area contributed by atoms with Gasteiger partial charge in [0.25, 0.3) is 5.91 Å². The van der Waals surface area contributed by atoms with Crippen molar-refractivity contribution in [3.05, 3.63) is 34.6 Å². The van der Waals surface area contributed by atoms with Crippen molar-refractivity contribution in [2.24, 2.45) is 0 Å². The van der Waals surface area contributed by atoms with E-state index < -0.39 is 0 Å². The van der Waals surface area contributed by atoms with Gasteiger partial charge < -0.3 is 5.32 Å². The highest BCUT2D eigenvalue weighted by Gasteiger charge is 2.08. The van der Waals surface area contributed by atoms with Crippen LogP contribution < -0.4 is 5.32 Å². The maximum Gasteiger partial charge on any atom is 0.277 e. The number of hydrogen-bond acceptors (Lipinski definition) is 5. The fourth-order valence-corrected chi connectivity index (χ4v) is 1.55. The number of nitrogens with zero attached hydrogens (tertiary/aromatic N) is 3. The zero-order valence-corrected chi connectivity index (χ0v) is 8.92. The molecule has 0 aliphatic rings. The Morgan fingerprint density at radius 2 is 2.40 bits per heavy atom. The normalized spacial score (nSPS) is 9.93. The summed E-state index contributed by atoms with van der Waals surface area (Å²) in [6, 6.07) is 3.20. The van der Waals surface area contributed by atoms with Crippen molar-refractivity contribution in [1.82, 2.24) is 14.6 Å². The molecule has 7 heteroatoms. The molecule has 2 heterocycles. The van der Waals surface area contributed by atoms with Gasteiger partial charge in [0, 0.05) is 17.3 Å². The zero-order chi connectivity index (χ0) is 10.7. The van der Waals surface area contributed by atoms with Crippen molar-refractivity contribution in [2.45, 2.75) is 0 Å². The van der Waals surface area contributed by atoms with Gasteiger partial charge in [-0.25, -0.2) is 4.98 Å². The van der Waals surface area contributed by atoms with Crippen molar-refractivity contribution >= 4 is 34.7 Å². The zero-order valence-electron chi connectivity index (χ0n) is 7.35. The van der Waals surface area contributed by atoms with E-state index in [4.69, 9.17) is 11.6 Å². The van der Waals surface area contributed by atoms with Gasteiger partial charge in [-0.1, -0.05) is 16.1 Å². The molecule has 2 aromatic heterocycles. The summed E-state index contributed by atoms with van der Waals surface area (Å²) in [6.07, 6.45) is 1.51. The third-order valence-corrected chi connectivity index (χ3v) is 2.29. The number of amides is 1. The van der Waals surface area contributed by atoms with Crippen molar-refractivity contribution in [3.63, 3.8) is 0 Å². The molecule has 1 amide bonds. The SMILES string of the molecule is O=C(Nc1ccnc(Cl)c1)c1csnn1. The van der Waals surface area contributed by atoms with E-state index in [0.717, 1.165) is 11.5 Å². The van der Waals surface area contributed by atoms with Gasteiger partial charge in [-0.2, -0.15) is 0 Å². The summed E-state index contributed by atoms with van der Waals surface area (Å²) < 4.78 is 3.59. The van der Waals surface area contributed by atoms with Crippen LogP contribution in [0.2, 0.25) is 5.15 Å². The number of anilines is 1. The van der Waals surface area contributed by atoms with E-state index in [1.807, 2.05) is 0 Å². The van der Waals surface area contributed by atoms with Crippen LogP contribution in [0.15, 0.2) is 23.7 Å². The summed E-state index contributed by atoms with van der Waals surface area (Å²) in [4.78, 5) is 15.3. The van der Waals surface area contributed by atoms with Crippen LogP contribution in [0, 0.1) is 0 Å². The second kappa shape index (κ2) is 4.33. The van der Waals surface area contributed by atoms with Gasteiger partial charge in [0.1, 0.15) is 5.15 Å². The average Bonchev–Trinajstić information content (AvgIpc) is 2.70. The van der Waals surface area contributed by atoms with Crippen LogP contribution in [0.1, 0.15) is 10.5 Å². The molecule has 76 valence electrons. The number of aromatic nitrogens is 3. The van der Waals surface area contributed by atoms with Gasteiger partial charge in [-0.05, 0) is 23.7 Å². The third kappa shape index (κ3) is 2.48. The Kier molecular flexibility index (Phi) is 2.89. The summed E-state index contributed by atoms with van der Waals surface area (Å²) in [5, 5.41) is 8.16. The quantitative estimate of drug-likeness (QED) is 0.814. The van der Waals surface area contributed by atoms with E-state index >= 15 is 0 Å². The largest absolute Gasteiger partial charge is 0.320 e. The molecule has 0 spiro atoms. The molecule has 0 saturated heterocycles. The lowest BCUT2D eigenvalue weighted by Crippen LogP contribution is -2.12. The van der Waals surface area contributed by atoms with Gasteiger partial charge in [0.2, 0.25) is 0 Å². The number of halogens is 1. The van der Waals surface area contributed by atoms with Crippen LogP contribution in [0.5, 0.6) is 0 Å². The smallest absolute Gasteiger partial charge is 0.277 e. The third-order valence-electron chi connectivity index (χ3n) is 1.58. The van der Waals surface area contributed by atoms with Gasteiger partial charge in [-0.3, -0.25) is 4.79 Å². The molecule has 0 saturated carbocycles. The van der Waals surface area contributed by atoms with Crippen LogP contribution >= 0.6 is 23.1 Å². The van der Waals surface area contributed by atoms with Crippen LogP contribution in [0.25, 0.3) is 0 Å². The first-order valence-corrected chi connectivity index (χ1v) is 5.17. The van der Waals surface area contributed by atoms with Crippen molar-refractivity contribution in [1.29, 1.82) is 0 Å². The maximum atomic E-state index is 11.5. The minimum atomic E-state index is -0.314. The Labute approximate surface area is 94.3 Å². The first kappa shape index (κ1) is 10.0. The predicted octanol–water partition coefficient (Wildman–Crippen LogP) is 1.84. The monoisotopic (exact) mass is 240 g/mol. The van der Waals surface area contributed by atoms with Crippen LogP contribution in [-0.2, 0) is 0 Å². The topological polar surface area (TPSA) is 67.8 Å². The summed E-state index contributed by atoms with van der Waals surface area (Å²) >= 11 is 6.79. The van der Waals surface area contributed by atoms with Gasteiger partial charge >= 0.3 is 0 Å². The van der Waals surface area contributed by atoms with Crippen LogP contribution in [0.4, 0.5) is 5.69 Å². The molecule has 0 unspecified atom stereocenters. The fourth-order valence-electron chi connectivity index (χ4n) is 0.939. The molecule has 0 radical (unpaired) electrons. The molecule has 15 heavy (non-hydrogen) atoms. The Morgan fingerprint density at radius 1 is 1.53 bits per heavy atom. The minimum Gasteiger partial charge on any atom is -0.320 e. The van der Waals surface area contributed by atoms with E-state index in [9.17, 15) is 4.79 Å². The molecular formula is C8H5ClN4OS. The van der Waals surface area contributed by atoms with E-state index in [1.54, 1.807) is 17.5 Å². The average molecular weight is 241 g/mol. The molecule has 0 atom stereocenters. The number of rotatable bonds is 2. The molecule has 0 aliphatic carbocycles. The van der Waals surface area contributed by atoms with E-state index in [1.165, 1.54) is 6.20 Å². The highest BCUT2D eigenvalue weighted by atomic mass is 35.5. The number of carbonyl (C=O) groups is 1. The van der Waals surface area contributed by atoms with Crippen molar-refractivity contribution < 1.29 is 4.79 Å². The molecule has 2 aromatic rings. The summed E-state index contributed by atoms with van der Waals surface area (Å²) in [5.41, 5.74) is 0.862. The lowest BCUT2D eigenvalue weighted by Gasteiger charge is -2.01. The molecule has 0 bridgehead atoms. The first-order chi connectivity index (χ1) is 7.25. The predicted molar refractivity (Wildman–Crippen MR) is 57.1 cm³/mol. The Balaban J connectivity index is 2.13. The molecule has 0 aromatic carbocycles. The summed E-state index contributed by atoms with van der Waals surface area (Å²) in [5.74, 6) is -0.314. The molecule has 1 N–H and O–H groups in total. The highest BCUT2D eigenvalue weighted by Crippen LogP contribution is 2.12. The van der Waals surface area contributed by atoms with E-state index in [0.29, 0.717) is 10.8 Å². The second-order valence-electron chi connectivity index (χ2n) is 2.61. The highest BCUT2D eigenvalue weighted by molar-refractivity contribution is 7.03. The fraction of sp³-hybridized carbons (Fsp3) is 0. The molecule has 2 rings (SSSR count). The van der Waals surface area contributed by atoms with E-state index in [-0.39, 0.29) is 11.6 Å². The molecule has 5 nitrogen and oxygen atoms in total. The van der Waals surface area contributed by atoms with Crippen LogP contribution in [-0.4, -0.2) is 20.5 Å². The van der Waals surface area contributed by atoms with Gasteiger partial charge in [0.15, 0.2) is 5.69 Å². The lowest BCUT2D eigenvalue weighted by molar-refractivity contribution is 0.102. The molecular weight excluding hydrogens is 236 g/mol. The number of carbonyl (C=O) groups excluding carboxylic acids is 1. The summed E-state index contributed by atoms with van der Waals surface area (Å²) in [6.45, 7) is 0. The second-order valence-corrected chi connectivity index (χ2v) is 3.61.